The van der Waals surface area contributed by atoms with E-state index in [0.29, 0.717) is 32.5 Å². The first-order valence-corrected chi connectivity index (χ1v) is 5.86. The van der Waals surface area contributed by atoms with Gasteiger partial charge in [0.15, 0.2) is 6.04 Å². The van der Waals surface area contributed by atoms with Gasteiger partial charge in [-0.25, -0.2) is 4.79 Å². The first kappa shape index (κ1) is 13.9. The summed E-state index contributed by atoms with van der Waals surface area (Å²) < 4.78 is 5.08. The van der Waals surface area contributed by atoms with Crippen LogP contribution in [-0.4, -0.2) is 54.2 Å². The van der Waals surface area contributed by atoms with E-state index in [4.69, 9.17) is 15.6 Å². The molecule has 1 aliphatic heterocycles. The van der Waals surface area contributed by atoms with E-state index in [1.807, 2.05) is 6.92 Å². The number of amides is 1. The summed E-state index contributed by atoms with van der Waals surface area (Å²) in [5.41, 5.74) is 5.47. The molecule has 2 atom stereocenters. The Morgan fingerprint density at radius 1 is 1.59 bits per heavy atom. The van der Waals surface area contributed by atoms with Crippen molar-refractivity contribution in [3.05, 3.63) is 0 Å². The molecule has 3 N–H and O–H groups in total. The quantitative estimate of drug-likeness (QED) is 0.691. The molecule has 6 heteroatoms. The molecule has 1 aliphatic rings. The Labute approximate surface area is 101 Å². The largest absolute Gasteiger partial charge is 0.480 e. The summed E-state index contributed by atoms with van der Waals surface area (Å²) in [6, 6.07) is -0.843. The molecular formula is C11H20N2O4. The third-order valence-corrected chi connectivity index (χ3v) is 2.99. The van der Waals surface area contributed by atoms with Gasteiger partial charge in [0, 0.05) is 13.0 Å². The van der Waals surface area contributed by atoms with Crippen LogP contribution in [0.3, 0.4) is 0 Å². The maximum absolute atomic E-state index is 11.9. The number of rotatable bonds is 5. The van der Waals surface area contributed by atoms with E-state index in [-0.39, 0.29) is 18.4 Å². The molecule has 0 aromatic rings. The van der Waals surface area contributed by atoms with Gasteiger partial charge in [-0.2, -0.15) is 0 Å². The maximum atomic E-state index is 11.9. The SMILES string of the molecule is CC(CN)CCC(=O)N1CCOCC1C(=O)O. The molecule has 1 fully saturated rings. The smallest absolute Gasteiger partial charge is 0.328 e. The topological polar surface area (TPSA) is 92.9 Å². The Hall–Kier alpha value is -1.14. The second-order valence-corrected chi connectivity index (χ2v) is 4.40. The number of hydrogen-bond acceptors (Lipinski definition) is 4. The first-order chi connectivity index (χ1) is 8.06. The minimum absolute atomic E-state index is 0.0769. The molecule has 0 bridgehead atoms. The third-order valence-electron chi connectivity index (χ3n) is 2.99. The lowest BCUT2D eigenvalue weighted by molar-refractivity contribution is -0.158. The first-order valence-electron chi connectivity index (χ1n) is 5.86. The van der Waals surface area contributed by atoms with Crippen molar-refractivity contribution in [3.8, 4) is 0 Å². The van der Waals surface area contributed by atoms with Crippen LogP contribution in [0.5, 0.6) is 0 Å². The number of aliphatic carboxylic acids is 1. The zero-order chi connectivity index (χ0) is 12.8. The summed E-state index contributed by atoms with van der Waals surface area (Å²) in [5.74, 6) is -0.853. The second-order valence-electron chi connectivity index (χ2n) is 4.40. The van der Waals surface area contributed by atoms with Crippen molar-refractivity contribution >= 4 is 11.9 Å². The van der Waals surface area contributed by atoms with Gasteiger partial charge in [0.05, 0.1) is 13.2 Å². The zero-order valence-corrected chi connectivity index (χ0v) is 10.1. The predicted molar refractivity (Wildman–Crippen MR) is 61.4 cm³/mol. The zero-order valence-electron chi connectivity index (χ0n) is 10.1. The van der Waals surface area contributed by atoms with Gasteiger partial charge in [0.25, 0.3) is 0 Å². The van der Waals surface area contributed by atoms with Crippen LogP contribution in [0.1, 0.15) is 19.8 Å². The van der Waals surface area contributed by atoms with Crippen LogP contribution in [0.15, 0.2) is 0 Å². The fourth-order valence-corrected chi connectivity index (χ4v) is 1.74. The minimum atomic E-state index is -1.01. The molecule has 1 saturated heterocycles. The minimum Gasteiger partial charge on any atom is -0.480 e. The number of carbonyl (C=O) groups is 2. The molecule has 1 amide bonds. The van der Waals surface area contributed by atoms with E-state index in [9.17, 15) is 9.59 Å². The number of ether oxygens (including phenoxy) is 1. The van der Waals surface area contributed by atoms with Crippen LogP contribution < -0.4 is 5.73 Å². The van der Waals surface area contributed by atoms with Gasteiger partial charge in [-0.05, 0) is 18.9 Å². The number of carbonyl (C=O) groups excluding carboxylic acids is 1. The monoisotopic (exact) mass is 244 g/mol. The van der Waals surface area contributed by atoms with Crippen molar-refractivity contribution in [2.24, 2.45) is 11.7 Å². The van der Waals surface area contributed by atoms with Gasteiger partial charge in [0.1, 0.15) is 0 Å². The molecule has 98 valence electrons. The highest BCUT2D eigenvalue weighted by Gasteiger charge is 2.32. The van der Waals surface area contributed by atoms with E-state index in [1.165, 1.54) is 4.90 Å². The molecule has 1 rings (SSSR count). The van der Waals surface area contributed by atoms with Crippen LogP contribution in [0.4, 0.5) is 0 Å². The van der Waals surface area contributed by atoms with Gasteiger partial charge >= 0.3 is 5.97 Å². The van der Waals surface area contributed by atoms with Crippen LogP contribution in [-0.2, 0) is 14.3 Å². The molecule has 17 heavy (non-hydrogen) atoms. The average molecular weight is 244 g/mol. The highest BCUT2D eigenvalue weighted by Crippen LogP contribution is 2.12. The average Bonchev–Trinajstić information content (AvgIpc) is 2.35. The van der Waals surface area contributed by atoms with Crippen LogP contribution in [0.2, 0.25) is 0 Å². The van der Waals surface area contributed by atoms with Crippen molar-refractivity contribution in [2.75, 3.05) is 26.3 Å². The van der Waals surface area contributed by atoms with E-state index in [1.54, 1.807) is 0 Å². The molecule has 1 heterocycles. The Kier molecular flexibility index (Phi) is 5.37. The van der Waals surface area contributed by atoms with E-state index >= 15 is 0 Å². The Morgan fingerprint density at radius 3 is 2.88 bits per heavy atom. The second kappa shape index (κ2) is 6.56. The van der Waals surface area contributed by atoms with E-state index in [0.717, 1.165) is 0 Å². The maximum Gasteiger partial charge on any atom is 0.328 e. The Morgan fingerprint density at radius 2 is 2.29 bits per heavy atom. The van der Waals surface area contributed by atoms with Gasteiger partial charge < -0.3 is 20.5 Å². The Balaban J connectivity index is 2.50. The molecule has 0 spiro atoms. The van der Waals surface area contributed by atoms with Gasteiger partial charge in [-0.15, -0.1) is 0 Å². The standard InChI is InChI=1S/C11H20N2O4/c1-8(6-12)2-3-10(14)13-4-5-17-7-9(13)11(15)16/h8-9H,2-7,12H2,1H3,(H,15,16). The number of nitrogens with zero attached hydrogens (tertiary/aromatic N) is 1. The highest BCUT2D eigenvalue weighted by molar-refractivity contribution is 5.83. The van der Waals surface area contributed by atoms with Crippen LogP contribution in [0, 0.1) is 5.92 Å². The lowest BCUT2D eigenvalue weighted by Gasteiger charge is -2.33. The van der Waals surface area contributed by atoms with Gasteiger partial charge in [0.2, 0.25) is 5.91 Å². The molecule has 6 nitrogen and oxygen atoms in total. The summed E-state index contributed by atoms with van der Waals surface area (Å²) in [5, 5.41) is 8.99. The van der Waals surface area contributed by atoms with Crippen molar-refractivity contribution < 1.29 is 19.4 Å². The van der Waals surface area contributed by atoms with Crippen molar-refractivity contribution in [1.29, 1.82) is 0 Å². The molecule has 0 aliphatic carbocycles. The summed E-state index contributed by atoms with van der Waals surface area (Å²) in [6.45, 7) is 3.35. The molecule has 0 aromatic heterocycles. The van der Waals surface area contributed by atoms with Crippen molar-refractivity contribution in [3.63, 3.8) is 0 Å². The number of carboxylic acids is 1. The molecule has 0 radical (unpaired) electrons. The van der Waals surface area contributed by atoms with E-state index in [2.05, 4.69) is 0 Å². The number of carboxylic acid groups (broad SMARTS) is 1. The van der Waals surface area contributed by atoms with Crippen LogP contribution >= 0.6 is 0 Å². The van der Waals surface area contributed by atoms with Gasteiger partial charge in [-0.1, -0.05) is 6.92 Å². The number of hydrogen-bond donors (Lipinski definition) is 2. The highest BCUT2D eigenvalue weighted by atomic mass is 16.5. The van der Waals surface area contributed by atoms with Crippen molar-refractivity contribution in [2.45, 2.75) is 25.8 Å². The third kappa shape index (κ3) is 3.98. The molecule has 0 aromatic carbocycles. The molecular weight excluding hydrogens is 224 g/mol. The van der Waals surface area contributed by atoms with Crippen LogP contribution in [0.25, 0.3) is 0 Å². The summed E-state index contributed by atoms with van der Waals surface area (Å²) >= 11 is 0. The fraction of sp³-hybridized carbons (Fsp3) is 0.818. The lowest BCUT2D eigenvalue weighted by atomic mass is 10.0. The number of morpholine rings is 1. The van der Waals surface area contributed by atoms with E-state index < -0.39 is 12.0 Å². The van der Waals surface area contributed by atoms with Gasteiger partial charge in [-0.3, -0.25) is 4.79 Å². The number of nitrogens with two attached hydrogens (primary N) is 1. The fourth-order valence-electron chi connectivity index (χ4n) is 1.74. The molecule has 0 saturated carbocycles. The molecule has 2 unspecified atom stereocenters. The lowest BCUT2D eigenvalue weighted by Crippen LogP contribution is -2.52. The predicted octanol–water partition coefficient (Wildman–Crippen LogP) is -0.327. The normalized spacial score (nSPS) is 22.2. The summed E-state index contributed by atoms with van der Waals surface area (Å²) in [4.78, 5) is 24.3. The summed E-state index contributed by atoms with van der Waals surface area (Å²) in [6.07, 6.45) is 1.04. The van der Waals surface area contributed by atoms with Crippen molar-refractivity contribution in [1.82, 2.24) is 4.90 Å². The summed E-state index contributed by atoms with van der Waals surface area (Å²) in [7, 11) is 0. The Bertz CT molecular complexity index is 283.